The Bertz CT molecular complexity index is 1100. The predicted molar refractivity (Wildman–Crippen MR) is 142 cm³/mol. The summed E-state index contributed by atoms with van der Waals surface area (Å²) < 4.78 is 26.5. The number of hydrogen-bond acceptors (Lipinski definition) is 4. The molecule has 0 spiro atoms. The zero-order valence-electron chi connectivity index (χ0n) is 21.7. The number of sulfonamides is 1. The fourth-order valence-corrected chi connectivity index (χ4v) is 4.83. The summed E-state index contributed by atoms with van der Waals surface area (Å²) in [6, 6.07) is 14.5. The van der Waals surface area contributed by atoms with Crippen molar-refractivity contribution in [3.63, 3.8) is 0 Å². The lowest BCUT2D eigenvalue weighted by molar-refractivity contribution is -0.140. The highest BCUT2D eigenvalue weighted by atomic mass is 32.2. The van der Waals surface area contributed by atoms with Crippen LogP contribution < -0.4 is 9.62 Å². The van der Waals surface area contributed by atoms with E-state index in [2.05, 4.69) is 5.32 Å². The number of hydrogen-bond donors (Lipinski definition) is 1. The minimum Gasteiger partial charge on any atom is -0.352 e. The summed E-state index contributed by atoms with van der Waals surface area (Å²) in [4.78, 5) is 27.7. The van der Waals surface area contributed by atoms with Crippen molar-refractivity contribution in [2.75, 3.05) is 17.1 Å². The number of carbonyl (C=O) groups is 2. The van der Waals surface area contributed by atoms with Crippen LogP contribution in [0.1, 0.15) is 56.7 Å². The van der Waals surface area contributed by atoms with Gasteiger partial charge in [-0.2, -0.15) is 0 Å². The summed E-state index contributed by atoms with van der Waals surface area (Å²) >= 11 is 0. The highest BCUT2D eigenvalue weighted by Gasteiger charge is 2.27. The monoisotopic (exact) mass is 501 g/mol. The molecule has 2 atom stereocenters. The molecule has 0 saturated carbocycles. The van der Waals surface area contributed by atoms with Crippen LogP contribution in [0.5, 0.6) is 0 Å². The van der Waals surface area contributed by atoms with Crippen molar-refractivity contribution >= 4 is 27.5 Å². The smallest absolute Gasteiger partial charge is 0.242 e. The molecule has 0 aliphatic carbocycles. The lowest BCUT2D eigenvalue weighted by Gasteiger charge is -2.30. The molecule has 192 valence electrons. The van der Waals surface area contributed by atoms with Crippen LogP contribution in [0.25, 0.3) is 0 Å². The fraction of sp³-hybridized carbons (Fsp3) is 0.481. The number of amides is 2. The van der Waals surface area contributed by atoms with Crippen LogP contribution in [-0.2, 0) is 26.2 Å². The number of aryl methyl sites for hydroxylation is 1. The molecule has 2 rings (SSSR count). The molecule has 0 heterocycles. The first-order valence-electron chi connectivity index (χ1n) is 12.1. The molecule has 0 fully saturated rings. The van der Waals surface area contributed by atoms with Crippen LogP contribution >= 0.6 is 0 Å². The van der Waals surface area contributed by atoms with Crippen LogP contribution in [0.4, 0.5) is 5.69 Å². The quantitative estimate of drug-likeness (QED) is 0.473. The van der Waals surface area contributed by atoms with Gasteiger partial charge in [0.2, 0.25) is 21.8 Å². The molecule has 35 heavy (non-hydrogen) atoms. The third-order valence-electron chi connectivity index (χ3n) is 6.36. The molecule has 0 aromatic heterocycles. The Hall–Kier alpha value is -2.87. The Labute approximate surface area is 210 Å². The van der Waals surface area contributed by atoms with Crippen molar-refractivity contribution in [1.82, 2.24) is 10.2 Å². The predicted octanol–water partition coefficient (Wildman–Crippen LogP) is 4.18. The van der Waals surface area contributed by atoms with Crippen LogP contribution in [0.2, 0.25) is 0 Å². The van der Waals surface area contributed by atoms with E-state index >= 15 is 0 Å². The van der Waals surface area contributed by atoms with Gasteiger partial charge >= 0.3 is 0 Å². The first-order valence-corrected chi connectivity index (χ1v) is 14.0. The largest absolute Gasteiger partial charge is 0.352 e. The number of anilines is 1. The van der Waals surface area contributed by atoms with Gasteiger partial charge in [-0.1, -0.05) is 49.4 Å². The van der Waals surface area contributed by atoms with E-state index in [1.165, 1.54) is 10.6 Å². The summed E-state index contributed by atoms with van der Waals surface area (Å²) in [5.41, 5.74) is 3.45. The average Bonchev–Trinajstić information content (AvgIpc) is 2.81. The van der Waals surface area contributed by atoms with Gasteiger partial charge in [-0.3, -0.25) is 13.9 Å². The summed E-state index contributed by atoms with van der Waals surface area (Å²) in [6.07, 6.45) is 2.44. The number of nitrogens with one attached hydrogen (secondary N) is 1. The Balaban J connectivity index is 2.18. The van der Waals surface area contributed by atoms with Crippen molar-refractivity contribution in [2.45, 2.75) is 72.5 Å². The van der Waals surface area contributed by atoms with Gasteiger partial charge < -0.3 is 10.2 Å². The maximum Gasteiger partial charge on any atom is 0.242 e. The molecule has 2 aromatic carbocycles. The lowest BCUT2D eigenvalue weighted by atomic mass is 10.1. The summed E-state index contributed by atoms with van der Waals surface area (Å²) in [5, 5.41) is 2.96. The maximum atomic E-state index is 13.3. The van der Waals surface area contributed by atoms with E-state index in [4.69, 9.17) is 0 Å². The molecule has 0 aliphatic rings. The summed E-state index contributed by atoms with van der Waals surface area (Å²) in [5.74, 6) is -0.383. The second kappa shape index (κ2) is 12.7. The Kier molecular flexibility index (Phi) is 10.3. The van der Waals surface area contributed by atoms with E-state index in [9.17, 15) is 18.0 Å². The molecule has 2 aromatic rings. The fourth-order valence-electron chi connectivity index (χ4n) is 3.82. The SMILES string of the molecule is CC[C@H](C)NC(=O)[C@@H](C)N(Cc1ccccc1)C(=O)CCCN(c1cccc(C)c1C)S(C)(=O)=O. The summed E-state index contributed by atoms with van der Waals surface area (Å²) in [6.45, 7) is 9.98. The Morgan fingerprint density at radius 2 is 1.66 bits per heavy atom. The van der Waals surface area contributed by atoms with Gasteiger partial charge in [-0.25, -0.2) is 8.42 Å². The van der Waals surface area contributed by atoms with Crippen molar-refractivity contribution in [3.05, 3.63) is 65.2 Å². The van der Waals surface area contributed by atoms with Crippen LogP contribution in [-0.4, -0.2) is 50.0 Å². The van der Waals surface area contributed by atoms with Crippen LogP contribution in [0, 0.1) is 13.8 Å². The zero-order valence-corrected chi connectivity index (χ0v) is 22.6. The molecule has 0 bridgehead atoms. The maximum absolute atomic E-state index is 13.3. The van der Waals surface area contributed by atoms with Gasteiger partial charge in [0.25, 0.3) is 0 Å². The Morgan fingerprint density at radius 3 is 2.26 bits per heavy atom. The molecule has 0 unspecified atom stereocenters. The average molecular weight is 502 g/mol. The number of carbonyl (C=O) groups excluding carboxylic acids is 2. The molecule has 0 saturated heterocycles. The Morgan fingerprint density at radius 1 is 1.00 bits per heavy atom. The topological polar surface area (TPSA) is 86.8 Å². The molecule has 8 heteroatoms. The van der Waals surface area contributed by atoms with Gasteiger partial charge in [0.05, 0.1) is 11.9 Å². The molecule has 7 nitrogen and oxygen atoms in total. The number of rotatable bonds is 12. The second-order valence-corrected chi connectivity index (χ2v) is 11.1. The third-order valence-corrected chi connectivity index (χ3v) is 7.54. The minimum atomic E-state index is -3.53. The van der Waals surface area contributed by atoms with Gasteiger partial charge in [0, 0.05) is 25.6 Å². The van der Waals surface area contributed by atoms with E-state index in [0.717, 1.165) is 23.1 Å². The third kappa shape index (κ3) is 8.09. The highest BCUT2D eigenvalue weighted by Crippen LogP contribution is 2.25. The second-order valence-electron chi connectivity index (χ2n) is 9.16. The summed E-state index contributed by atoms with van der Waals surface area (Å²) in [7, 11) is -3.53. The van der Waals surface area contributed by atoms with Gasteiger partial charge in [-0.15, -0.1) is 0 Å². The molecule has 0 radical (unpaired) electrons. The van der Waals surface area contributed by atoms with Gasteiger partial charge in [0.1, 0.15) is 6.04 Å². The standard InChI is InChI=1S/C27H39N3O4S/c1-7-21(3)28-27(32)23(5)29(19-24-14-9-8-10-15-24)26(31)17-12-18-30(35(6,33)34)25-16-11-13-20(2)22(25)4/h8-11,13-16,21,23H,7,12,17-19H2,1-6H3,(H,28,32)/t21-,23+/m0/s1. The first-order chi connectivity index (χ1) is 16.5. The van der Waals surface area contributed by atoms with E-state index < -0.39 is 16.1 Å². The van der Waals surface area contributed by atoms with E-state index in [-0.39, 0.29) is 30.8 Å². The van der Waals surface area contributed by atoms with Crippen molar-refractivity contribution in [2.24, 2.45) is 0 Å². The van der Waals surface area contributed by atoms with Gasteiger partial charge in [-0.05, 0) is 63.3 Å². The zero-order chi connectivity index (χ0) is 26.2. The molecule has 2 amide bonds. The van der Waals surface area contributed by atoms with Gasteiger partial charge in [0.15, 0.2) is 0 Å². The first kappa shape index (κ1) is 28.4. The van der Waals surface area contributed by atoms with Crippen LogP contribution in [0.15, 0.2) is 48.5 Å². The molecule has 0 aliphatic heterocycles. The number of benzene rings is 2. The van der Waals surface area contributed by atoms with Crippen LogP contribution in [0.3, 0.4) is 0 Å². The highest BCUT2D eigenvalue weighted by molar-refractivity contribution is 7.92. The minimum absolute atomic E-state index is 0.0134. The molecular weight excluding hydrogens is 462 g/mol. The normalized spacial score (nSPS) is 13.1. The van der Waals surface area contributed by atoms with Crippen molar-refractivity contribution in [3.8, 4) is 0 Å². The van der Waals surface area contributed by atoms with Crippen molar-refractivity contribution in [1.29, 1.82) is 0 Å². The van der Waals surface area contributed by atoms with E-state index in [0.29, 0.717) is 18.7 Å². The van der Waals surface area contributed by atoms with Crippen molar-refractivity contribution < 1.29 is 18.0 Å². The van der Waals surface area contributed by atoms with E-state index in [1.807, 2.05) is 70.2 Å². The number of nitrogens with zero attached hydrogens (tertiary/aromatic N) is 2. The molecule has 1 N–H and O–H groups in total. The molecular formula is C27H39N3O4S. The van der Waals surface area contributed by atoms with E-state index in [1.54, 1.807) is 17.9 Å². The lowest BCUT2D eigenvalue weighted by Crippen LogP contribution is -2.49.